The summed E-state index contributed by atoms with van der Waals surface area (Å²) in [6.45, 7) is 3.00. The number of sulfonamides is 1. The van der Waals surface area contributed by atoms with Crippen LogP contribution in [-0.4, -0.2) is 39.0 Å². The van der Waals surface area contributed by atoms with Crippen molar-refractivity contribution in [2.24, 2.45) is 5.92 Å². The van der Waals surface area contributed by atoms with E-state index in [1.807, 2.05) is 0 Å². The summed E-state index contributed by atoms with van der Waals surface area (Å²) in [6, 6.07) is 2.27. The summed E-state index contributed by atoms with van der Waals surface area (Å²) in [5.74, 6) is 0.331. The van der Waals surface area contributed by atoms with E-state index in [4.69, 9.17) is 0 Å². The average molecular weight is 498 g/mol. The standard InChI is InChI=1S/C17H23Br2FN2O2S/c18-15-9-13(20)10-16(19)17(15)25(23,24)21-14-5-7-22(8-6-14)11-12-3-1-2-4-12/h9-10,12,14,21H,1-8,11H2. The van der Waals surface area contributed by atoms with Crippen LogP contribution in [0, 0.1) is 11.7 Å². The van der Waals surface area contributed by atoms with E-state index in [2.05, 4.69) is 41.5 Å². The highest BCUT2D eigenvalue weighted by Gasteiger charge is 2.29. The van der Waals surface area contributed by atoms with Gasteiger partial charge in [-0.1, -0.05) is 12.8 Å². The Kier molecular flexibility index (Phi) is 6.58. The number of hydrogen-bond acceptors (Lipinski definition) is 3. The molecule has 1 aromatic rings. The fourth-order valence-corrected chi connectivity index (χ4v) is 7.69. The lowest BCUT2D eigenvalue weighted by Gasteiger charge is -2.33. The van der Waals surface area contributed by atoms with Crippen LogP contribution < -0.4 is 4.72 Å². The number of likely N-dealkylation sites (tertiary alicyclic amines) is 1. The molecule has 3 rings (SSSR count). The van der Waals surface area contributed by atoms with Crippen molar-refractivity contribution in [1.82, 2.24) is 9.62 Å². The topological polar surface area (TPSA) is 49.4 Å². The minimum atomic E-state index is -3.71. The Hall–Kier alpha value is -0.0200. The molecular formula is C17H23Br2FN2O2S. The van der Waals surface area contributed by atoms with Crippen LogP contribution >= 0.6 is 31.9 Å². The summed E-state index contributed by atoms with van der Waals surface area (Å²) in [5, 5.41) is 0. The normalized spacial score (nSPS) is 21.1. The molecule has 1 saturated carbocycles. The number of piperidine rings is 1. The van der Waals surface area contributed by atoms with Crippen molar-refractivity contribution in [3.8, 4) is 0 Å². The fourth-order valence-electron chi connectivity index (χ4n) is 3.86. The van der Waals surface area contributed by atoms with Gasteiger partial charge in [0, 0.05) is 21.5 Å². The Morgan fingerprint density at radius 3 is 2.20 bits per heavy atom. The van der Waals surface area contributed by atoms with E-state index in [0.29, 0.717) is 0 Å². The number of rotatable bonds is 5. The van der Waals surface area contributed by atoms with Gasteiger partial charge in [-0.05, 0) is 88.7 Å². The maximum Gasteiger partial charge on any atom is 0.243 e. The van der Waals surface area contributed by atoms with Gasteiger partial charge in [-0.15, -0.1) is 0 Å². The molecule has 0 unspecified atom stereocenters. The third-order valence-corrected chi connectivity index (χ3v) is 8.53. The Balaban J connectivity index is 1.59. The largest absolute Gasteiger partial charge is 0.303 e. The Morgan fingerprint density at radius 1 is 1.08 bits per heavy atom. The molecule has 140 valence electrons. The molecule has 1 aliphatic heterocycles. The second-order valence-electron chi connectivity index (χ2n) is 7.05. The lowest BCUT2D eigenvalue weighted by molar-refractivity contribution is 0.180. The minimum absolute atomic E-state index is 0.0577. The van der Waals surface area contributed by atoms with Crippen molar-refractivity contribution in [1.29, 1.82) is 0 Å². The fraction of sp³-hybridized carbons (Fsp3) is 0.647. The second-order valence-corrected chi connectivity index (χ2v) is 10.4. The first kappa shape index (κ1) is 19.7. The number of nitrogens with zero attached hydrogens (tertiary/aromatic N) is 1. The first-order valence-corrected chi connectivity index (χ1v) is 11.8. The monoisotopic (exact) mass is 496 g/mol. The molecule has 2 fully saturated rings. The molecule has 1 N–H and O–H groups in total. The van der Waals surface area contributed by atoms with Crippen LogP contribution in [0.1, 0.15) is 38.5 Å². The summed E-state index contributed by atoms with van der Waals surface area (Å²) < 4.78 is 42.0. The van der Waals surface area contributed by atoms with Crippen molar-refractivity contribution in [2.75, 3.05) is 19.6 Å². The van der Waals surface area contributed by atoms with Crippen LogP contribution in [0.5, 0.6) is 0 Å². The zero-order chi connectivity index (χ0) is 18.0. The number of benzene rings is 1. The van der Waals surface area contributed by atoms with Crippen molar-refractivity contribution in [3.63, 3.8) is 0 Å². The molecular weight excluding hydrogens is 475 g/mol. The molecule has 4 nitrogen and oxygen atoms in total. The zero-order valence-electron chi connectivity index (χ0n) is 14.0. The third-order valence-electron chi connectivity index (χ3n) is 5.13. The van der Waals surface area contributed by atoms with Gasteiger partial charge in [0.15, 0.2) is 0 Å². The molecule has 25 heavy (non-hydrogen) atoms. The average Bonchev–Trinajstić information content (AvgIpc) is 3.00. The summed E-state index contributed by atoms with van der Waals surface area (Å²) in [6.07, 6.45) is 6.98. The summed E-state index contributed by atoms with van der Waals surface area (Å²) in [7, 11) is -3.71. The van der Waals surface area contributed by atoms with Gasteiger partial charge in [0.2, 0.25) is 10.0 Å². The van der Waals surface area contributed by atoms with Gasteiger partial charge >= 0.3 is 0 Å². The minimum Gasteiger partial charge on any atom is -0.303 e. The smallest absolute Gasteiger partial charge is 0.243 e. The number of nitrogens with one attached hydrogen (secondary N) is 1. The first-order valence-electron chi connectivity index (χ1n) is 8.74. The zero-order valence-corrected chi connectivity index (χ0v) is 18.0. The molecule has 1 aromatic carbocycles. The van der Waals surface area contributed by atoms with E-state index in [-0.39, 0.29) is 19.9 Å². The van der Waals surface area contributed by atoms with Gasteiger partial charge < -0.3 is 4.90 Å². The SMILES string of the molecule is O=S(=O)(NC1CCN(CC2CCCC2)CC1)c1c(Br)cc(F)cc1Br. The van der Waals surface area contributed by atoms with Gasteiger partial charge in [-0.3, -0.25) is 0 Å². The highest BCUT2D eigenvalue weighted by Crippen LogP contribution is 2.32. The van der Waals surface area contributed by atoms with Gasteiger partial charge in [0.1, 0.15) is 10.7 Å². The van der Waals surface area contributed by atoms with Crippen LogP contribution in [0.25, 0.3) is 0 Å². The highest BCUT2D eigenvalue weighted by molar-refractivity contribution is 9.11. The van der Waals surface area contributed by atoms with Crippen molar-refractivity contribution >= 4 is 41.9 Å². The van der Waals surface area contributed by atoms with E-state index >= 15 is 0 Å². The third kappa shape index (κ3) is 5.03. The van der Waals surface area contributed by atoms with E-state index in [1.54, 1.807) is 0 Å². The van der Waals surface area contributed by atoms with Crippen molar-refractivity contribution in [3.05, 3.63) is 26.9 Å². The molecule has 0 spiro atoms. The van der Waals surface area contributed by atoms with E-state index < -0.39 is 15.8 Å². The highest BCUT2D eigenvalue weighted by atomic mass is 79.9. The molecule has 1 aliphatic carbocycles. The molecule has 1 saturated heterocycles. The van der Waals surface area contributed by atoms with Crippen LogP contribution in [-0.2, 0) is 10.0 Å². The van der Waals surface area contributed by atoms with Crippen LogP contribution in [0.15, 0.2) is 26.0 Å². The number of halogens is 3. The predicted molar refractivity (Wildman–Crippen MR) is 104 cm³/mol. The van der Waals surface area contributed by atoms with Crippen molar-refractivity contribution in [2.45, 2.75) is 49.5 Å². The second kappa shape index (κ2) is 8.33. The lowest BCUT2D eigenvalue weighted by Crippen LogP contribution is -2.45. The van der Waals surface area contributed by atoms with Crippen LogP contribution in [0.2, 0.25) is 0 Å². The quantitative estimate of drug-likeness (QED) is 0.660. The lowest BCUT2D eigenvalue weighted by atomic mass is 10.0. The van der Waals surface area contributed by atoms with Gasteiger partial charge in [0.25, 0.3) is 0 Å². The number of hydrogen-bond donors (Lipinski definition) is 1. The predicted octanol–water partition coefficient (Wildman–Crippen LogP) is 4.28. The molecule has 0 amide bonds. The van der Waals surface area contributed by atoms with Crippen LogP contribution in [0.4, 0.5) is 4.39 Å². The molecule has 2 aliphatic rings. The first-order chi connectivity index (χ1) is 11.8. The molecule has 1 heterocycles. The van der Waals surface area contributed by atoms with Gasteiger partial charge in [0.05, 0.1) is 0 Å². The summed E-state index contributed by atoms with van der Waals surface area (Å²) >= 11 is 6.32. The van der Waals surface area contributed by atoms with Gasteiger partial charge in [-0.2, -0.15) is 0 Å². The summed E-state index contributed by atoms with van der Waals surface area (Å²) in [5.41, 5.74) is 0. The Morgan fingerprint density at radius 2 is 1.64 bits per heavy atom. The Bertz CT molecular complexity index is 692. The molecule has 0 atom stereocenters. The molecule has 0 radical (unpaired) electrons. The molecule has 0 aromatic heterocycles. The van der Waals surface area contributed by atoms with Crippen LogP contribution in [0.3, 0.4) is 0 Å². The van der Waals surface area contributed by atoms with Crippen molar-refractivity contribution < 1.29 is 12.8 Å². The van der Waals surface area contributed by atoms with E-state index in [1.165, 1.54) is 37.8 Å². The Labute approximate surface area is 165 Å². The van der Waals surface area contributed by atoms with E-state index in [9.17, 15) is 12.8 Å². The van der Waals surface area contributed by atoms with Gasteiger partial charge in [-0.25, -0.2) is 17.5 Å². The molecule has 8 heteroatoms. The maximum atomic E-state index is 13.4. The maximum absolute atomic E-state index is 13.4. The summed E-state index contributed by atoms with van der Waals surface area (Å²) in [4.78, 5) is 2.52. The van der Waals surface area contributed by atoms with E-state index in [0.717, 1.165) is 38.4 Å². The molecule has 0 bridgehead atoms.